The molecule has 1 heterocycles. The van der Waals surface area contributed by atoms with E-state index in [0.29, 0.717) is 0 Å². The van der Waals surface area contributed by atoms with Gasteiger partial charge in [-0.1, -0.05) is 19.0 Å². The molecule has 1 aliphatic rings. The minimum atomic E-state index is -2.06. The zero-order valence-corrected chi connectivity index (χ0v) is 19.1. The van der Waals surface area contributed by atoms with Gasteiger partial charge in [0.1, 0.15) is 24.2 Å². The maximum Gasteiger partial charge on any atom is 0.340 e. The third-order valence-electron chi connectivity index (χ3n) is 5.54. The van der Waals surface area contributed by atoms with Gasteiger partial charge in [0, 0.05) is 31.1 Å². The molecule has 180 valence electrons. The van der Waals surface area contributed by atoms with Crippen LogP contribution in [0.1, 0.15) is 47.5 Å². The zero-order valence-electron chi connectivity index (χ0n) is 19.1. The Balaban J connectivity index is 3.53. The minimum absolute atomic E-state index is 0.207. The maximum absolute atomic E-state index is 15.4. The second kappa shape index (κ2) is 11.8. The summed E-state index contributed by atoms with van der Waals surface area (Å²) in [6.45, 7) is 6.23. The molecular weight excluding hydrogens is 429 g/mol. The van der Waals surface area contributed by atoms with Crippen LogP contribution in [0.2, 0.25) is 0 Å². The van der Waals surface area contributed by atoms with Crippen molar-refractivity contribution < 1.29 is 42.5 Å². The fraction of sp³-hybridized carbons (Fsp3) is 0.800. The molecule has 11 nitrogen and oxygen atoms in total. The first-order chi connectivity index (χ1) is 14.9. The first-order valence-electron chi connectivity index (χ1n) is 10.2. The molecule has 0 aromatic carbocycles. The van der Waals surface area contributed by atoms with Gasteiger partial charge in [0.15, 0.2) is 11.7 Å². The van der Waals surface area contributed by atoms with Crippen LogP contribution in [0.25, 0.3) is 10.4 Å². The van der Waals surface area contributed by atoms with Crippen molar-refractivity contribution in [2.75, 3.05) is 13.7 Å². The fourth-order valence-corrected chi connectivity index (χ4v) is 4.01. The van der Waals surface area contributed by atoms with E-state index in [0.717, 1.165) is 14.0 Å². The number of hydrogen-bond donors (Lipinski definition) is 0. The Morgan fingerprint density at radius 3 is 2.28 bits per heavy atom. The largest absolute Gasteiger partial charge is 0.467 e. The van der Waals surface area contributed by atoms with E-state index in [2.05, 4.69) is 10.0 Å². The number of nitrogens with zero attached hydrogens (tertiary/aromatic N) is 3. The monoisotopic (exact) mass is 459 g/mol. The Hall–Kier alpha value is -2.72. The van der Waals surface area contributed by atoms with Crippen LogP contribution >= 0.6 is 0 Å². The molecule has 5 unspecified atom stereocenters. The van der Waals surface area contributed by atoms with Gasteiger partial charge in [-0.15, -0.1) is 0 Å². The summed E-state index contributed by atoms with van der Waals surface area (Å²) in [5.74, 6) is -4.67. The number of carbonyl (C=O) groups is 4. The molecule has 0 spiro atoms. The van der Waals surface area contributed by atoms with E-state index in [4.69, 9.17) is 24.5 Å². The average molecular weight is 459 g/mol. The van der Waals surface area contributed by atoms with Crippen molar-refractivity contribution in [1.29, 1.82) is 0 Å². The molecular formula is C20H30FN3O8. The molecule has 0 radical (unpaired) electrons. The molecule has 1 aliphatic heterocycles. The lowest BCUT2D eigenvalue weighted by molar-refractivity contribution is -0.252. The Labute approximate surface area is 185 Å². The van der Waals surface area contributed by atoms with E-state index >= 15 is 4.39 Å². The lowest BCUT2D eigenvalue weighted by Crippen LogP contribution is -2.64. The van der Waals surface area contributed by atoms with Gasteiger partial charge in [-0.3, -0.25) is 14.4 Å². The summed E-state index contributed by atoms with van der Waals surface area (Å²) >= 11 is 0. The van der Waals surface area contributed by atoms with Crippen molar-refractivity contribution >= 4 is 23.7 Å². The second-order valence-corrected chi connectivity index (χ2v) is 7.87. The Morgan fingerprint density at radius 1 is 1.22 bits per heavy atom. The van der Waals surface area contributed by atoms with Crippen molar-refractivity contribution in [1.82, 2.24) is 0 Å². The number of halogens is 1. The molecule has 0 N–H and O–H groups in total. The molecule has 0 bridgehead atoms. The molecule has 0 aromatic rings. The van der Waals surface area contributed by atoms with Crippen LogP contribution in [0.5, 0.6) is 0 Å². The molecule has 32 heavy (non-hydrogen) atoms. The SMILES string of the molecule is CC[C@@H](OC(C)=O)[C@@H](OC(C)=O)C1OC(C)(C(=O)OC)C(F)C(C)C1CC(=O)CN=[N+]=[N-]. The van der Waals surface area contributed by atoms with Crippen molar-refractivity contribution in [3.8, 4) is 0 Å². The number of azide groups is 1. The van der Waals surface area contributed by atoms with Gasteiger partial charge in [0.05, 0.1) is 13.7 Å². The molecule has 0 amide bonds. The number of carbonyl (C=O) groups excluding carboxylic acids is 4. The van der Waals surface area contributed by atoms with E-state index in [1.807, 2.05) is 0 Å². The lowest BCUT2D eigenvalue weighted by Gasteiger charge is -2.49. The molecule has 12 heteroatoms. The summed E-state index contributed by atoms with van der Waals surface area (Å²) in [4.78, 5) is 50.8. The van der Waals surface area contributed by atoms with Crippen LogP contribution in [0.4, 0.5) is 4.39 Å². The number of esters is 3. The molecule has 1 rings (SSSR count). The number of hydrogen-bond acceptors (Lipinski definition) is 9. The van der Waals surface area contributed by atoms with Crippen molar-refractivity contribution in [2.24, 2.45) is 17.0 Å². The molecule has 0 aromatic heterocycles. The normalized spacial score (nSPS) is 29.1. The Bertz CT molecular complexity index is 772. The van der Waals surface area contributed by atoms with Gasteiger partial charge in [-0.2, -0.15) is 0 Å². The van der Waals surface area contributed by atoms with Gasteiger partial charge in [0.2, 0.25) is 0 Å². The maximum atomic E-state index is 15.4. The highest BCUT2D eigenvalue weighted by Crippen LogP contribution is 2.44. The Morgan fingerprint density at radius 2 is 1.81 bits per heavy atom. The predicted octanol–water partition coefficient (Wildman–Crippen LogP) is 2.45. The highest BCUT2D eigenvalue weighted by atomic mass is 19.1. The number of rotatable bonds is 10. The molecule has 7 atom stereocenters. The van der Waals surface area contributed by atoms with Crippen LogP contribution in [0.15, 0.2) is 5.11 Å². The molecule has 0 saturated carbocycles. The lowest BCUT2D eigenvalue weighted by atomic mass is 9.72. The van der Waals surface area contributed by atoms with Gasteiger partial charge in [-0.05, 0) is 24.8 Å². The summed E-state index contributed by atoms with van der Waals surface area (Å²) in [5.41, 5.74) is 6.40. The van der Waals surface area contributed by atoms with Gasteiger partial charge >= 0.3 is 17.9 Å². The summed E-state index contributed by atoms with van der Waals surface area (Å²) < 4.78 is 36.7. The quantitative estimate of drug-likeness (QED) is 0.159. The smallest absolute Gasteiger partial charge is 0.340 e. The molecule has 1 fully saturated rings. The number of Topliss-reactive ketones (excluding diaryl/α,β-unsaturated/α-hetero) is 1. The number of ketones is 1. The van der Waals surface area contributed by atoms with E-state index in [1.165, 1.54) is 20.8 Å². The van der Waals surface area contributed by atoms with Crippen molar-refractivity contribution in [3.63, 3.8) is 0 Å². The van der Waals surface area contributed by atoms with Crippen LogP contribution in [-0.4, -0.2) is 67.4 Å². The van der Waals surface area contributed by atoms with E-state index in [1.54, 1.807) is 6.92 Å². The van der Waals surface area contributed by atoms with E-state index < -0.39 is 72.2 Å². The van der Waals surface area contributed by atoms with Gasteiger partial charge in [-0.25, -0.2) is 9.18 Å². The topological polar surface area (TPSA) is 154 Å². The number of ether oxygens (including phenoxy) is 4. The number of alkyl halides is 1. The molecule has 1 saturated heterocycles. The zero-order chi connectivity index (χ0) is 24.6. The minimum Gasteiger partial charge on any atom is -0.467 e. The third kappa shape index (κ3) is 6.39. The summed E-state index contributed by atoms with van der Waals surface area (Å²) in [5, 5.41) is 3.23. The third-order valence-corrected chi connectivity index (χ3v) is 5.54. The second-order valence-electron chi connectivity index (χ2n) is 7.87. The van der Waals surface area contributed by atoms with Crippen molar-refractivity contribution in [3.05, 3.63) is 10.4 Å². The fourth-order valence-electron chi connectivity index (χ4n) is 4.01. The average Bonchev–Trinajstić information content (AvgIpc) is 2.73. The molecule has 0 aliphatic carbocycles. The van der Waals surface area contributed by atoms with Gasteiger partial charge < -0.3 is 18.9 Å². The van der Waals surface area contributed by atoms with E-state index in [9.17, 15) is 19.2 Å². The van der Waals surface area contributed by atoms with Crippen LogP contribution < -0.4 is 0 Å². The van der Waals surface area contributed by atoms with Crippen molar-refractivity contribution in [2.45, 2.75) is 77.5 Å². The van der Waals surface area contributed by atoms with E-state index in [-0.39, 0.29) is 12.8 Å². The first kappa shape index (κ1) is 27.3. The summed E-state index contributed by atoms with van der Waals surface area (Å²) in [6.07, 6.45) is -5.37. The highest BCUT2D eigenvalue weighted by molar-refractivity contribution is 5.82. The summed E-state index contributed by atoms with van der Waals surface area (Å²) in [6, 6.07) is 0. The van der Waals surface area contributed by atoms with Crippen LogP contribution in [0.3, 0.4) is 0 Å². The summed E-state index contributed by atoms with van der Waals surface area (Å²) in [7, 11) is 1.08. The first-order valence-corrected chi connectivity index (χ1v) is 10.2. The highest BCUT2D eigenvalue weighted by Gasteiger charge is 2.59. The Kier molecular flexibility index (Phi) is 10.0. The predicted molar refractivity (Wildman–Crippen MR) is 108 cm³/mol. The standard InChI is InChI=1S/C20H30FN3O8/c1-7-15(30-11(3)25)17(31-12(4)26)16-14(8-13(27)9-23-24-22)10(2)18(21)20(5,32-16)19(28)29-6/h10,14-18H,7-9H2,1-6H3/t10?,14?,15-,16?,17-,18?,20?/m1/s1. The van der Waals surface area contributed by atoms with Gasteiger partial charge in [0.25, 0.3) is 0 Å². The van der Waals surface area contributed by atoms with Crippen LogP contribution in [0, 0.1) is 11.8 Å². The van der Waals surface area contributed by atoms with Crippen LogP contribution in [-0.2, 0) is 38.1 Å². The number of methoxy groups -OCH3 is 1.